The average molecular weight is 191 g/mol. The molecule has 8 nitrogen and oxygen atoms in total. The second-order valence-corrected chi connectivity index (χ2v) is 1.99. The number of hydrogen-bond acceptors (Lipinski definition) is 6. The van der Waals surface area contributed by atoms with E-state index in [2.05, 4.69) is 9.83 Å². The Morgan fingerprint density at radius 3 is 2.77 bits per heavy atom. The molecule has 0 aromatic carbocycles. The first-order valence-electron chi connectivity index (χ1n) is 3.16. The zero-order valence-corrected chi connectivity index (χ0v) is 6.51. The van der Waals surface area contributed by atoms with Gasteiger partial charge in [0, 0.05) is 0 Å². The molecule has 0 heterocycles. The summed E-state index contributed by atoms with van der Waals surface area (Å²) in [5.74, 6) is -2.05. The van der Waals surface area contributed by atoms with E-state index in [4.69, 9.17) is 16.0 Å². The molecule has 1 atom stereocenters. The van der Waals surface area contributed by atoms with Crippen molar-refractivity contribution in [3.8, 4) is 0 Å². The number of rotatable bonds is 5. The van der Waals surface area contributed by atoms with Crippen LogP contribution in [0.3, 0.4) is 0 Å². The minimum atomic E-state index is -1.29. The van der Waals surface area contributed by atoms with E-state index < -0.39 is 24.3 Å². The summed E-state index contributed by atoms with van der Waals surface area (Å²) in [5.41, 5.74) is 6.27. The summed E-state index contributed by atoms with van der Waals surface area (Å²) in [7, 11) is 0. The molecule has 0 aliphatic carbocycles. The number of aliphatic imine (C=N–C) groups is 1. The van der Waals surface area contributed by atoms with Gasteiger partial charge in [0.2, 0.25) is 6.40 Å². The van der Waals surface area contributed by atoms with Crippen molar-refractivity contribution in [2.24, 2.45) is 10.7 Å². The predicted molar refractivity (Wildman–Crippen MR) is 39.7 cm³/mol. The van der Waals surface area contributed by atoms with Gasteiger partial charge in [0.05, 0.1) is 6.42 Å². The summed E-state index contributed by atoms with van der Waals surface area (Å²) in [6.07, 6.45) is 0.192. The summed E-state index contributed by atoms with van der Waals surface area (Å²) < 4.78 is 0. The molecule has 0 aliphatic rings. The SMILES string of the molecule is NC(CC(=O)N=CONO)C(=O)O. The monoisotopic (exact) mass is 191 g/mol. The first-order chi connectivity index (χ1) is 6.07. The maximum Gasteiger partial charge on any atom is 0.321 e. The normalized spacial score (nSPS) is 12.8. The van der Waals surface area contributed by atoms with Gasteiger partial charge in [-0.2, -0.15) is 4.99 Å². The van der Waals surface area contributed by atoms with Gasteiger partial charge in [0.15, 0.2) is 0 Å². The number of carboxylic acids is 1. The van der Waals surface area contributed by atoms with Gasteiger partial charge in [-0.25, -0.2) is 0 Å². The van der Waals surface area contributed by atoms with Crippen LogP contribution in [0.25, 0.3) is 0 Å². The van der Waals surface area contributed by atoms with Crippen LogP contribution in [0.1, 0.15) is 6.42 Å². The quantitative estimate of drug-likeness (QED) is 0.230. The largest absolute Gasteiger partial charge is 0.480 e. The maximum absolute atomic E-state index is 10.7. The summed E-state index contributed by atoms with van der Waals surface area (Å²) >= 11 is 0. The van der Waals surface area contributed by atoms with E-state index in [0.717, 1.165) is 0 Å². The smallest absolute Gasteiger partial charge is 0.321 e. The Bertz CT molecular complexity index is 216. The van der Waals surface area contributed by atoms with Crippen LogP contribution in [0.4, 0.5) is 0 Å². The van der Waals surface area contributed by atoms with Crippen molar-refractivity contribution in [2.45, 2.75) is 12.5 Å². The van der Waals surface area contributed by atoms with E-state index in [1.165, 1.54) is 5.64 Å². The molecule has 74 valence electrons. The Labute approximate surface area is 72.9 Å². The molecule has 0 fully saturated rings. The third-order valence-corrected chi connectivity index (χ3v) is 1.01. The van der Waals surface area contributed by atoms with E-state index in [1.54, 1.807) is 0 Å². The highest BCUT2D eigenvalue weighted by atomic mass is 16.8. The molecule has 5 N–H and O–H groups in total. The highest BCUT2D eigenvalue weighted by molar-refractivity contribution is 5.87. The van der Waals surface area contributed by atoms with Crippen molar-refractivity contribution in [3.05, 3.63) is 0 Å². The Morgan fingerprint density at radius 2 is 2.31 bits per heavy atom. The van der Waals surface area contributed by atoms with E-state index in [1.807, 2.05) is 0 Å². The van der Waals surface area contributed by atoms with E-state index in [0.29, 0.717) is 6.40 Å². The van der Waals surface area contributed by atoms with Gasteiger partial charge in [-0.1, -0.05) is 0 Å². The van der Waals surface area contributed by atoms with Crippen molar-refractivity contribution < 1.29 is 24.7 Å². The Kier molecular flexibility index (Phi) is 5.35. The van der Waals surface area contributed by atoms with Crippen molar-refractivity contribution in [1.82, 2.24) is 5.64 Å². The number of carbonyl (C=O) groups excluding carboxylic acids is 1. The van der Waals surface area contributed by atoms with Crippen molar-refractivity contribution in [3.63, 3.8) is 0 Å². The highest BCUT2D eigenvalue weighted by Crippen LogP contribution is 1.90. The van der Waals surface area contributed by atoms with E-state index in [-0.39, 0.29) is 0 Å². The molecule has 0 spiro atoms. The average Bonchev–Trinajstić information content (AvgIpc) is 2.04. The van der Waals surface area contributed by atoms with E-state index >= 15 is 0 Å². The Hall–Kier alpha value is -1.51. The van der Waals surface area contributed by atoms with E-state index in [9.17, 15) is 9.59 Å². The number of nitrogens with one attached hydrogen (secondary N) is 1. The molecular weight excluding hydrogens is 182 g/mol. The Morgan fingerprint density at radius 1 is 1.69 bits per heavy atom. The van der Waals surface area contributed by atoms with Crippen LogP contribution in [0, 0.1) is 0 Å². The lowest BCUT2D eigenvalue weighted by Crippen LogP contribution is -2.32. The van der Waals surface area contributed by atoms with Gasteiger partial charge in [-0.15, -0.1) is 0 Å². The third-order valence-electron chi connectivity index (χ3n) is 1.01. The first-order valence-corrected chi connectivity index (χ1v) is 3.16. The second-order valence-electron chi connectivity index (χ2n) is 1.99. The molecular formula is C5H9N3O5. The molecule has 0 aromatic heterocycles. The molecule has 0 radical (unpaired) electrons. The zero-order valence-electron chi connectivity index (χ0n) is 6.51. The van der Waals surface area contributed by atoms with Crippen LogP contribution in [-0.4, -0.2) is 34.6 Å². The molecule has 0 aliphatic heterocycles. The van der Waals surface area contributed by atoms with Gasteiger partial charge in [0.1, 0.15) is 6.04 Å². The summed E-state index contributed by atoms with van der Waals surface area (Å²) in [6, 6.07) is -1.29. The summed E-state index contributed by atoms with van der Waals surface area (Å²) in [4.78, 5) is 27.9. The Balaban J connectivity index is 3.80. The van der Waals surface area contributed by atoms with Crippen LogP contribution in [-0.2, 0) is 14.4 Å². The van der Waals surface area contributed by atoms with Crippen LogP contribution >= 0.6 is 0 Å². The molecule has 1 unspecified atom stereocenters. The lowest BCUT2D eigenvalue weighted by Gasteiger charge is -2.00. The zero-order chi connectivity index (χ0) is 10.3. The van der Waals surface area contributed by atoms with Gasteiger partial charge < -0.3 is 15.7 Å². The van der Waals surface area contributed by atoms with Crippen molar-refractivity contribution in [2.75, 3.05) is 0 Å². The number of carboxylic acid groups (broad SMARTS) is 1. The minimum Gasteiger partial charge on any atom is -0.480 e. The van der Waals surface area contributed by atoms with Gasteiger partial charge in [0.25, 0.3) is 5.91 Å². The topological polar surface area (TPSA) is 134 Å². The van der Waals surface area contributed by atoms with Crippen LogP contribution in [0.15, 0.2) is 4.99 Å². The van der Waals surface area contributed by atoms with Gasteiger partial charge in [-0.3, -0.25) is 14.8 Å². The fourth-order valence-electron chi connectivity index (χ4n) is 0.437. The number of aliphatic carboxylic acids is 1. The number of amides is 1. The van der Waals surface area contributed by atoms with Crippen LogP contribution < -0.4 is 11.4 Å². The predicted octanol–water partition coefficient (Wildman–Crippen LogP) is -1.75. The first kappa shape index (κ1) is 11.5. The van der Waals surface area contributed by atoms with Crippen LogP contribution in [0.5, 0.6) is 0 Å². The molecule has 13 heavy (non-hydrogen) atoms. The molecule has 0 saturated carbocycles. The molecule has 1 amide bonds. The molecule has 0 bridgehead atoms. The highest BCUT2D eigenvalue weighted by Gasteiger charge is 2.15. The second kappa shape index (κ2) is 6.06. The molecule has 8 heteroatoms. The van der Waals surface area contributed by atoms with Crippen molar-refractivity contribution >= 4 is 18.3 Å². The minimum absolute atomic E-state index is 0.430. The fraction of sp³-hybridized carbons (Fsp3) is 0.400. The molecule has 0 saturated heterocycles. The van der Waals surface area contributed by atoms with Crippen LogP contribution in [0.2, 0.25) is 0 Å². The number of nitrogens with zero attached hydrogens (tertiary/aromatic N) is 1. The molecule has 0 aromatic rings. The number of nitrogens with two attached hydrogens (primary N) is 1. The standard InChI is InChI=1S/C5H9N3O5/c6-3(5(10)11)1-4(9)7-2-13-8-12/h2-3,8,12H,1,6H2,(H,10,11). The van der Waals surface area contributed by atoms with Gasteiger partial charge in [-0.05, 0) is 5.64 Å². The fourth-order valence-corrected chi connectivity index (χ4v) is 0.437. The number of hydrogen-bond donors (Lipinski definition) is 4. The van der Waals surface area contributed by atoms with Gasteiger partial charge >= 0.3 is 5.97 Å². The third kappa shape index (κ3) is 5.73. The van der Waals surface area contributed by atoms with Crippen molar-refractivity contribution in [1.29, 1.82) is 0 Å². The molecule has 0 rings (SSSR count). The maximum atomic E-state index is 10.7. The lowest BCUT2D eigenvalue weighted by atomic mass is 10.2. The lowest BCUT2D eigenvalue weighted by molar-refractivity contribution is -0.140. The summed E-state index contributed by atoms with van der Waals surface area (Å²) in [6.45, 7) is 0. The number of carbonyl (C=O) groups is 2. The summed E-state index contributed by atoms with van der Waals surface area (Å²) in [5, 5.41) is 16.1.